The molecule has 1 N–H and O–H groups in total. The molecule has 1 aliphatic rings. The van der Waals surface area contributed by atoms with Gasteiger partial charge in [0.15, 0.2) is 0 Å². The molecule has 4 heteroatoms. The first-order chi connectivity index (χ1) is 7.72. The molecule has 1 aromatic carbocycles. The molecule has 0 aliphatic heterocycles. The Bertz CT molecular complexity index is 368. The maximum atomic E-state index is 12.2. The van der Waals surface area contributed by atoms with Crippen LogP contribution in [-0.2, 0) is 6.42 Å². The van der Waals surface area contributed by atoms with Crippen LogP contribution in [0.1, 0.15) is 30.5 Å². The summed E-state index contributed by atoms with van der Waals surface area (Å²) < 4.78 is 28.9. The van der Waals surface area contributed by atoms with E-state index in [9.17, 15) is 8.78 Å². The minimum Gasteiger partial charge on any atom is -0.435 e. The zero-order chi connectivity index (χ0) is 11.5. The molecule has 0 saturated heterocycles. The Morgan fingerprint density at radius 1 is 1.50 bits per heavy atom. The van der Waals surface area contributed by atoms with Crippen LogP contribution in [0.2, 0.25) is 0 Å². The summed E-state index contributed by atoms with van der Waals surface area (Å²) in [5, 5.41) is 3.34. The Hall–Kier alpha value is -1.16. The number of rotatable bonds is 4. The highest BCUT2D eigenvalue weighted by molar-refractivity contribution is 5.45. The average molecular weight is 227 g/mol. The second-order valence-electron chi connectivity index (χ2n) is 3.85. The van der Waals surface area contributed by atoms with Gasteiger partial charge in [0.2, 0.25) is 0 Å². The SMILES string of the molecule is CCNC1CCc2c(OC(F)F)cccc21. The van der Waals surface area contributed by atoms with E-state index in [0.29, 0.717) is 5.75 Å². The Morgan fingerprint density at radius 3 is 3.00 bits per heavy atom. The Labute approximate surface area is 93.6 Å². The molecule has 0 saturated carbocycles. The lowest BCUT2D eigenvalue weighted by Gasteiger charge is -2.13. The number of nitrogens with one attached hydrogen (secondary N) is 1. The monoisotopic (exact) mass is 227 g/mol. The molecule has 1 aliphatic carbocycles. The number of halogens is 2. The average Bonchev–Trinajstić information content (AvgIpc) is 2.63. The largest absolute Gasteiger partial charge is 0.435 e. The maximum absolute atomic E-state index is 12.2. The van der Waals surface area contributed by atoms with Crippen LogP contribution in [0, 0.1) is 0 Å². The molecule has 0 amide bonds. The second-order valence-corrected chi connectivity index (χ2v) is 3.85. The Kier molecular flexibility index (Phi) is 3.39. The van der Waals surface area contributed by atoms with Crippen molar-refractivity contribution >= 4 is 0 Å². The van der Waals surface area contributed by atoms with Gasteiger partial charge in [-0.15, -0.1) is 0 Å². The molecule has 2 rings (SSSR count). The van der Waals surface area contributed by atoms with Gasteiger partial charge in [-0.25, -0.2) is 0 Å². The second kappa shape index (κ2) is 4.78. The fourth-order valence-corrected chi connectivity index (χ4v) is 2.29. The van der Waals surface area contributed by atoms with Gasteiger partial charge in [-0.2, -0.15) is 8.78 Å². The molecule has 0 spiro atoms. The molecule has 0 fully saturated rings. The molecule has 1 aromatic rings. The minimum atomic E-state index is -2.75. The zero-order valence-electron chi connectivity index (χ0n) is 9.17. The molecule has 0 radical (unpaired) electrons. The fourth-order valence-electron chi connectivity index (χ4n) is 2.29. The normalized spacial score (nSPS) is 18.9. The third-order valence-corrected chi connectivity index (χ3v) is 2.89. The van der Waals surface area contributed by atoms with Gasteiger partial charge < -0.3 is 10.1 Å². The number of hydrogen-bond donors (Lipinski definition) is 1. The van der Waals surface area contributed by atoms with Crippen LogP contribution < -0.4 is 10.1 Å². The quantitative estimate of drug-likeness (QED) is 0.854. The van der Waals surface area contributed by atoms with E-state index in [1.165, 1.54) is 0 Å². The van der Waals surface area contributed by atoms with Crippen LogP contribution in [0.25, 0.3) is 0 Å². The summed E-state index contributed by atoms with van der Waals surface area (Å²) in [7, 11) is 0. The minimum absolute atomic E-state index is 0.279. The summed E-state index contributed by atoms with van der Waals surface area (Å²) in [5.41, 5.74) is 2.02. The third-order valence-electron chi connectivity index (χ3n) is 2.89. The van der Waals surface area contributed by atoms with E-state index in [1.54, 1.807) is 12.1 Å². The standard InChI is InChI=1S/C12H15F2NO/c1-2-15-10-7-6-9-8(10)4-3-5-11(9)16-12(13)14/h3-5,10,12,15H,2,6-7H2,1H3. The van der Waals surface area contributed by atoms with Crippen LogP contribution in [0.15, 0.2) is 18.2 Å². The van der Waals surface area contributed by atoms with Gasteiger partial charge in [-0.05, 0) is 36.6 Å². The zero-order valence-corrected chi connectivity index (χ0v) is 9.17. The maximum Gasteiger partial charge on any atom is 0.387 e. The summed E-state index contributed by atoms with van der Waals surface area (Å²) in [5.74, 6) is 0.327. The lowest BCUT2D eigenvalue weighted by molar-refractivity contribution is -0.0504. The first-order valence-electron chi connectivity index (χ1n) is 5.52. The highest BCUT2D eigenvalue weighted by Gasteiger charge is 2.25. The van der Waals surface area contributed by atoms with Crippen LogP contribution >= 0.6 is 0 Å². The topological polar surface area (TPSA) is 21.3 Å². The molecular formula is C12H15F2NO. The van der Waals surface area contributed by atoms with Crippen molar-refractivity contribution < 1.29 is 13.5 Å². The summed E-state index contributed by atoms with van der Waals surface area (Å²) in [6.07, 6.45) is 1.75. The summed E-state index contributed by atoms with van der Waals surface area (Å²) >= 11 is 0. The number of benzene rings is 1. The van der Waals surface area contributed by atoms with Crippen molar-refractivity contribution in [1.29, 1.82) is 0 Å². The van der Waals surface area contributed by atoms with Crippen molar-refractivity contribution in [3.63, 3.8) is 0 Å². The number of ether oxygens (including phenoxy) is 1. The molecule has 0 aromatic heterocycles. The first kappa shape index (κ1) is 11.3. The van der Waals surface area contributed by atoms with E-state index >= 15 is 0 Å². The summed E-state index contributed by atoms with van der Waals surface area (Å²) in [4.78, 5) is 0. The molecule has 1 unspecified atom stereocenters. The van der Waals surface area contributed by atoms with Crippen LogP contribution in [0.4, 0.5) is 8.78 Å². The van der Waals surface area contributed by atoms with Crippen LogP contribution in [0.3, 0.4) is 0 Å². The highest BCUT2D eigenvalue weighted by atomic mass is 19.3. The van der Waals surface area contributed by atoms with E-state index in [4.69, 9.17) is 0 Å². The van der Waals surface area contributed by atoms with Gasteiger partial charge in [-0.3, -0.25) is 0 Å². The van der Waals surface area contributed by atoms with Gasteiger partial charge in [-0.1, -0.05) is 19.1 Å². The number of fused-ring (bicyclic) bond motifs is 1. The molecule has 0 bridgehead atoms. The summed E-state index contributed by atoms with van der Waals surface area (Å²) in [6.45, 7) is 0.173. The molecule has 88 valence electrons. The molecule has 2 nitrogen and oxygen atoms in total. The first-order valence-corrected chi connectivity index (χ1v) is 5.52. The predicted octanol–water partition coefficient (Wildman–Crippen LogP) is 2.88. The van der Waals surface area contributed by atoms with Crippen LogP contribution in [0.5, 0.6) is 5.75 Å². The Balaban J connectivity index is 2.25. The van der Waals surface area contributed by atoms with Gasteiger partial charge in [0.1, 0.15) is 5.75 Å². The van der Waals surface area contributed by atoms with Gasteiger partial charge in [0, 0.05) is 6.04 Å². The lowest BCUT2D eigenvalue weighted by atomic mass is 10.1. The summed E-state index contributed by atoms with van der Waals surface area (Å²) in [6, 6.07) is 5.64. The van der Waals surface area contributed by atoms with Crippen molar-refractivity contribution in [2.24, 2.45) is 0 Å². The molecule has 1 atom stereocenters. The van der Waals surface area contributed by atoms with Crippen molar-refractivity contribution in [2.75, 3.05) is 6.54 Å². The van der Waals surface area contributed by atoms with E-state index < -0.39 is 6.61 Å². The van der Waals surface area contributed by atoms with Crippen molar-refractivity contribution in [1.82, 2.24) is 5.32 Å². The van der Waals surface area contributed by atoms with E-state index in [1.807, 2.05) is 13.0 Å². The van der Waals surface area contributed by atoms with Crippen LogP contribution in [-0.4, -0.2) is 13.2 Å². The van der Waals surface area contributed by atoms with Gasteiger partial charge >= 0.3 is 6.61 Å². The predicted molar refractivity (Wildman–Crippen MR) is 57.8 cm³/mol. The van der Waals surface area contributed by atoms with Crippen molar-refractivity contribution in [2.45, 2.75) is 32.4 Å². The van der Waals surface area contributed by atoms with E-state index in [0.717, 1.165) is 30.5 Å². The molecule has 16 heavy (non-hydrogen) atoms. The van der Waals surface area contributed by atoms with E-state index in [2.05, 4.69) is 10.1 Å². The molecule has 0 heterocycles. The van der Waals surface area contributed by atoms with Crippen molar-refractivity contribution in [3.8, 4) is 5.75 Å². The van der Waals surface area contributed by atoms with E-state index in [-0.39, 0.29) is 6.04 Å². The highest BCUT2D eigenvalue weighted by Crippen LogP contribution is 2.37. The van der Waals surface area contributed by atoms with Gasteiger partial charge in [0.05, 0.1) is 0 Å². The number of alkyl halides is 2. The Morgan fingerprint density at radius 2 is 2.31 bits per heavy atom. The molecular weight excluding hydrogens is 212 g/mol. The lowest BCUT2D eigenvalue weighted by Crippen LogP contribution is -2.18. The number of hydrogen-bond acceptors (Lipinski definition) is 2. The van der Waals surface area contributed by atoms with Crippen molar-refractivity contribution in [3.05, 3.63) is 29.3 Å². The smallest absolute Gasteiger partial charge is 0.387 e. The third kappa shape index (κ3) is 2.16. The fraction of sp³-hybridized carbons (Fsp3) is 0.500. The van der Waals surface area contributed by atoms with Gasteiger partial charge in [0.25, 0.3) is 0 Å².